The van der Waals surface area contributed by atoms with Crippen molar-refractivity contribution in [1.82, 2.24) is 0 Å². The number of nitrogens with two attached hydrogens (primary N) is 1. The number of carbonyl (C=O) groups is 2. The van der Waals surface area contributed by atoms with Crippen LogP contribution in [0, 0.1) is 0 Å². The molecule has 0 aliphatic rings. The summed E-state index contributed by atoms with van der Waals surface area (Å²) >= 11 is 3.25. The Balaban J connectivity index is 3.33. The Kier molecular flexibility index (Phi) is 4.01. The number of likely N-dealkylation sites (N-methyl/N-ethyl adjacent to an activating group) is 1. The van der Waals surface area contributed by atoms with Crippen LogP contribution in [0.2, 0.25) is 0 Å². The monoisotopic (exact) mass is 314 g/mol. The van der Waals surface area contributed by atoms with E-state index in [4.69, 9.17) is 5.73 Å². The van der Waals surface area contributed by atoms with Gasteiger partial charge in [0, 0.05) is 11.5 Å². The Morgan fingerprint density at radius 2 is 1.94 bits per heavy atom. The molecule has 0 saturated heterocycles. The summed E-state index contributed by atoms with van der Waals surface area (Å²) in [7, 11) is 1.61. The number of carboxylic acids is 1. The molecule has 3 N–H and O–H groups in total. The number of nitrogens with zero attached hydrogens (tertiary/aromatic N) is 1. The van der Waals surface area contributed by atoms with E-state index in [0.717, 1.165) is 0 Å². The van der Waals surface area contributed by atoms with Gasteiger partial charge in [0.05, 0.1) is 11.3 Å². The molecule has 6 heteroatoms. The first-order valence-corrected chi connectivity index (χ1v) is 6.03. The van der Waals surface area contributed by atoms with Crippen molar-refractivity contribution in [1.29, 1.82) is 0 Å². The number of rotatable bonds is 4. The zero-order valence-corrected chi connectivity index (χ0v) is 12.0. The van der Waals surface area contributed by atoms with Crippen molar-refractivity contribution in [3.63, 3.8) is 0 Å². The molecule has 0 bridgehead atoms. The number of hydrogen-bond acceptors (Lipinski definition) is 3. The van der Waals surface area contributed by atoms with Crippen molar-refractivity contribution in [2.45, 2.75) is 19.4 Å². The lowest BCUT2D eigenvalue weighted by Crippen LogP contribution is -2.48. The maximum Gasteiger partial charge on any atom is 0.328 e. The Morgan fingerprint density at radius 3 is 2.39 bits per heavy atom. The second-order valence-corrected chi connectivity index (χ2v) is 5.36. The second kappa shape index (κ2) is 4.97. The van der Waals surface area contributed by atoms with Crippen LogP contribution in [0.1, 0.15) is 24.2 Å². The third-order valence-corrected chi connectivity index (χ3v) is 3.44. The number of primary amides is 1. The lowest BCUT2D eigenvalue weighted by molar-refractivity contribution is -0.142. The van der Waals surface area contributed by atoms with Gasteiger partial charge >= 0.3 is 5.97 Å². The normalized spacial score (nSPS) is 11.1. The van der Waals surface area contributed by atoms with Gasteiger partial charge in [-0.1, -0.05) is 15.9 Å². The molecule has 1 rings (SSSR count). The van der Waals surface area contributed by atoms with Crippen LogP contribution in [0.5, 0.6) is 0 Å². The number of carbonyl (C=O) groups excluding carboxylic acids is 1. The molecule has 0 aliphatic carbocycles. The van der Waals surface area contributed by atoms with E-state index in [2.05, 4.69) is 15.9 Å². The summed E-state index contributed by atoms with van der Waals surface area (Å²) < 4.78 is 0.710. The van der Waals surface area contributed by atoms with Crippen molar-refractivity contribution >= 4 is 33.5 Å². The molecular weight excluding hydrogens is 300 g/mol. The molecule has 18 heavy (non-hydrogen) atoms. The molecule has 0 atom stereocenters. The third kappa shape index (κ3) is 2.64. The molecule has 0 radical (unpaired) electrons. The summed E-state index contributed by atoms with van der Waals surface area (Å²) in [6.07, 6.45) is 0. The van der Waals surface area contributed by atoms with E-state index in [1.54, 1.807) is 39.1 Å². The Labute approximate surface area is 114 Å². The molecule has 0 aromatic heterocycles. The number of halogens is 1. The summed E-state index contributed by atoms with van der Waals surface area (Å²) in [4.78, 5) is 24.1. The fourth-order valence-corrected chi connectivity index (χ4v) is 1.80. The van der Waals surface area contributed by atoms with Crippen molar-refractivity contribution in [2.24, 2.45) is 5.73 Å². The van der Waals surface area contributed by atoms with Gasteiger partial charge in [-0.15, -0.1) is 0 Å². The average Bonchev–Trinajstić information content (AvgIpc) is 2.27. The molecule has 98 valence electrons. The summed E-state index contributed by atoms with van der Waals surface area (Å²) in [6.45, 7) is 3.12. The highest BCUT2D eigenvalue weighted by Gasteiger charge is 2.33. The minimum absolute atomic E-state index is 0.279. The van der Waals surface area contributed by atoms with E-state index in [9.17, 15) is 14.7 Å². The van der Waals surface area contributed by atoms with E-state index in [0.29, 0.717) is 10.2 Å². The molecule has 1 aromatic rings. The average molecular weight is 315 g/mol. The molecule has 0 unspecified atom stereocenters. The molecular formula is C12H15BrN2O3. The van der Waals surface area contributed by atoms with Gasteiger partial charge in [-0.05, 0) is 32.0 Å². The van der Waals surface area contributed by atoms with Crippen LogP contribution in [-0.4, -0.2) is 29.6 Å². The topological polar surface area (TPSA) is 83.6 Å². The highest BCUT2D eigenvalue weighted by atomic mass is 79.9. The van der Waals surface area contributed by atoms with E-state index >= 15 is 0 Å². The first kappa shape index (κ1) is 14.5. The maximum absolute atomic E-state index is 11.4. The predicted molar refractivity (Wildman–Crippen MR) is 72.8 cm³/mol. The summed E-state index contributed by atoms with van der Waals surface area (Å²) in [5.74, 6) is -1.58. The maximum atomic E-state index is 11.4. The van der Waals surface area contributed by atoms with Crippen LogP contribution in [0.25, 0.3) is 0 Å². The third-order valence-electron chi connectivity index (χ3n) is 2.95. The highest BCUT2D eigenvalue weighted by Crippen LogP contribution is 2.28. The number of carboxylic acid groups (broad SMARTS) is 1. The van der Waals surface area contributed by atoms with Gasteiger partial charge in [0.2, 0.25) is 0 Å². The van der Waals surface area contributed by atoms with Crippen LogP contribution < -0.4 is 10.6 Å². The zero-order valence-electron chi connectivity index (χ0n) is 10.4. The quantitative estimate of drug-likeness (QED) is 0.888. The molecule has 0 spiro atoms. The fraction of sp³-hybridized carbons (Fsp3) is 0.333. The SMILES string of the molecule is CN(c1ccc(Br)cc1C(N)=O)C(C)(C)C(=O)O. The van der Waals surface area contributed by atoms with E-state index in [1.165, 1.54) is 4.90 Å². The molecule has 1 amide bonds. The van der Waals surface area contributed by atoms with Gasteiger partial charge < -0.3 is 15.7 Å². The van der Waals surface area contributed by atoms with E-state index < -0.39 is 17.4 Å². The molecule has 0 aliphatic heterocycles. The lowest BCUT2D eigenvalue weighted by Gasteiger charge is -2.34. The second-order valence-electron chi connectivity index (χ2n) is 4.45. The zero-order chi connectivity index (χ0) is 14.1. The number of anilines is 1. The lowest BCUT2D eigenvalue weighted by atomic mass is 10.0. The first-order valence-electron chi connectivity index (χ1n) is 5.24. The smallest absolute Gasteiger partial charge is 0.328 e. The van der Waals surface area contributed by atoms with Crippen molar-refractivity contribution in [3.8, 4) is 0 Å². The number of hydrogen-bond donors (Lipinski definition) is 2. The van der Waals surface area contributed by atoms with Crippen molar-refractivity contribution in [2.75, 3.05) is 11.9 Å². The van der Waals surface area contributed by atoms with E-state index in [1.807, 2.05) is 0 Å². The van der Waals surface area contributed by atoms with Crippen LogP contribution in [0.15, 0.2) is 22.7 Å². The molecule has 0 heterocycles. The summed E-state index contributed by atoms with van der Waals surface area (Å²) in [5, 5.41) is 9.19. The standard InChI is InChI=1S/C12H15BrN2O3/c1-12(2,11(17)18)15(3)9-5-4-7(13)6-8(9)10(14)16/h4-6H,1-3H3,(H2,14,16)(H,17,18). The minimum Gasteiger partial charge on any atom is -0.480 e. The Hall–Kier alpha value is -1.56. The van der Waals surface area contributed by atoms with Crippen LogP contribution in [0.3, 0.4) is 0 Å². The molecule has 0 fully saturated rings. The predicted octanol–water partition coefficient (Wildman–Crippen LogP) is 1.85. The molecule has 1 aromatic carbocycles. The van der Waals surface area contributed by atoms with Gasteiger partial charge in [-0.25, -0.2) is 4.79 Å². The van der Waals surface area contributed by atoms with Gasteiger partial charge in [0.1, 0.15) is 5.54 Å². The van der Waals surface area contributed by atoms with Gasteiger partial charge in [-0.2, -0.15) is 0 Å². The van der Waals surface area contributed by atoms with Gasteiger partial charge in [0.15, 0.2) is 0 Å². The number of amides is 1. The molecule has 5 nitrogen and oxygen atoms in total. The minimum atomic E-state index is -1.14. The fourth-order valence-electron chi connectivity index (χ4n) is 1.44. The summed E-state index contributed by atoms with van der Waals surface area (Å²) in [5.41, 5.74) is 4.93. The van der Waals surface area contributed by atoms with Crippen LogP contribution in [0.4, 0.5) is 5.69 Å². The first-order chi connectivity index (χ1) is 8.17. The Bertz CT molecular complexity index is 500. The highest BCUT2D eigenvalue weighted by molar-refractivity contribution is 9.10. The van der Waals surface area contributed by atoms with E-state index in [-0.39, 0.29) is 5.56 Å². The van der Waals surface area contributed by atoms with Gasteiger partial charge in [0.25, 0.3) is 5.91 Å². The summed E-state index contributed by atoms with van der Waals surface area (Å²) in [6, 6.07) is 4.97. The number of benzene rings is 1. The molecule has 0 saturated carbocycles. The van der Waals surface area contributed by atoms with Crippen LogP contribution >= 0.6 is 15.9 Å². The Morgan fingerprint density at radius 1 is 1.39 bits per heavy atom. The largest absolute Gasteiger partial charge is 0.480 e. The van der Waals surface area contributed by atoms with Gasteiger partial charge in [-0.3, -0.25) is 4.79 Å². The van der Waals surface area contributed by atoms with Crippen LogP contribution in [-0.2, 0) is 4.79 Å². The van der Waals surface area contributed by atoms with Crippen molar-refractivity contribution in [3.05, 3.63) is 28.2 Å². The number of aliphatic carboxylic acids is 1. The van der Waals surface area contributed by atoms with Crippen molar-refractivity contribution < 1.29 is 14.7 Å².